The summed E-state index contributed by atoms with van der Waals surface area (Å²) in [6.45, 7) is 1.33. The number of hydrogen-bond donors (Lipinski definition) is 0. The number of aromatic nitrogens is 1. The molecule has 1 aromatic heterocycles. The Bertz CT molecular complexity index is 1640. The van der Waals surface area contributed by atoms with E-state index in [2.05, 4.69) is 4.99 Å². The van der Waals surface area contributed by atoms with E-state index in [0.717, 1.165) is 15.6 Å². The fraction of sp³-hybridized carbons (Fsp3) is 0.292. The van der Waals surface area contributed by atoms with E-state index in [0.29, 0.717) is 10.2 Å². The molecule has 3 rings (SSSR count). The van der Waals surface area contributed by atoms with Gasteiger partial charge in [0.25, 0.3) is 11.6 Å². The number of thiazole rings is 1. The van der Waals surface area contributed by atoms with Gasteiger partial charge in [-0.05, 0) is 37.3 Å². The Morgan fingerprint density at radius 1 is 1.13 bits per heavy atom. The van der Waals surface area contributed by atoms with E-state index in [9.17, 15) is 28.1 Å². The molecule has 0 unspecified atom stereocenters. The Morgan fingerprint density at radius 2 is 1.77 bits per heavy atom. The molecule has 0 bridgehead atoms. The molecule has 0 saturated carbocycles. The van der Waals surface area contributed by atoms with Gasteiger partial charge >= 0.3 is 5.97 Å². The monoisotopic (exact) mass is 570 g/mol. The number of esters is 1. The molecule has 13 nitrogen and oxygen atoms in total. The quantitative estimate of drug-likeness (QED) is 0.190. The van der Waals surface area contributed by atoms with Crippen LogP contribution in [0.3, 0.4) is 0 Å². The summed E-state index contributed by atoms with van der Waals surface area (Å²) in [5, 5.41) is 28.8. The van der Waals surface area contributed by atoms with Crippen molar-refractivity contribution in [2.24, 2.45) is 4.99 Å². The maximum absolute atomic E-state index is 13.0. The van der Waals surface area contributed by atoms with Crippen LogP contribution in [0.5, 0.6) is 0 Å². The van der Waals surface area contributed by atoms with E-state index >= 15 is 0 Å². The minimum atomic E-state index is -4.02. The zero-order valence-corrected chi connectivity index (χ0v) is 22.3. The number of amides is 1. The number of rotatable bonds is 11. The van der Waals surface area contributed by atoms with Gasteiger partial charge in [0.2, 0.25) is 10.0 Å². The minimum absolute atomic E-state index is 0.0514. The fourth-order valence-electron chi connectivity index (χ4n) is 3.52. The van der Waals surface area contributed by atoms with Crippen LogP contribution in [0.25, 0.3) is 10.2 Å². The lowest BCUT2D eigenvalue weighted by molar-refractivity contribution is -0.384. The van der Waals surface area contributed by atoms with Crippen molar-refractivity contribution in [3.63, 3.8) is 0 Å². The number of carbonyl (C=O) groups is 2. The maximum Gasteiger partial charge on any atom is 0.326 e. The fourth-order valence-corrected chi connectivity index (χ4v) is 6.02. The number of nitriles is 2. The predicted molar refractivity (Wildman–Crippen MR) is 139 cm³/mol. The van der Waals surface area contributed by atoms with Crippen molar-refractivity contribution in [3.05, 3.63) is 62.9 Å². The summed E-state index contributed by atoms with van der Waals surface area (Å²) in [4.78, 5) is 39.9. The molecule has 0 aliphatic rings. The van der Waals surface area contributed by atoms with Gasteiger partial charge in [0, 0.05) is 43.6 Å². The van der Waals surface area contributed by atoms with Crippen LogP contribution in [0.15, 0.2) is 52.4 Å². The number of nitrogens with zero attached hydrogens (tertiary/aromatic N) is 6. The van der Waals surface area contributed by atoms with Crippen LogP contribution < -0.4 is 4.80 Å². The lowest BCUT2D eigenvalue weighted by Crippen LogP contribution is -2.32. The smallest absolute Gasteiger partial charge is 0.326 e. The first-order chi connectivity index (χ1) is 18.6. The summed E-state index contributed by atoms with van der Waals surface area (Å²) >= 11 is 0.973. The van der Waals surface area contributed by atoms with Crippen LogP contribution in [0, 0.1) is 32.8 Å². The molecule has 0 radical (unpaired) electrons. The largest absolute Gasteiger partial charge is 0.465 e. The highest BCUT2D eigenvalue weighted by molar-refractivity contribution is 7.89. The Morgan fingerprint density at radius 3 is 2.33 bits per heavy atom. The lowest BCUT2D eigenvalue weighted by Gasteiger charge is -2.20. The number of carbonyl (C=O) groups excluding carboxylic acids is 2. The van der Waals surface area contributed by atoms with Gasteiger partial charge in [-0.2, -0.15) is 19.8 Å². The predicted octanol–water partition coefficient (Wildman–Crippen LogP) is 2.73. The topological polar surface area (TPSA) is 189 Å². The van der Waals surface area contributed by atoms with Gasteiger partial charge in [-0.3, -0.25) is 19.7 Å². The van der Waals surface area contributed by atoms with Crippen molar-refractivity contribution in [1.82, 2.24) is 8.87 Å². The molecule has 202 valence electrons. The number of hydrogen-bond acceptors (Lipinski definition) is 10. The highest BCUT2D eigenvalue weighted by atomic mass is 32.2. The highest BCUT2D eigenvalue weighted by Crippen LogP contribution is 2.24. The number of nitro groups is 1. The van der Waals surface area contributed by atoms with E-state index in [1.807, 2.05) is 12.1 Å². The van der Waals surface area contributed by atoms with E-state index in [4.69, 9.17) is 15.3 Å². The number of nitro benzene ring substituents is 1. The average molecular weight is 571 g/mol. The molecule has 0 aliphatic heterocycles. The Kier molecular flexibility index (Phi) is 9.62. The third-order valence-corrected chi connectivity index (χ3v) is 8.31. The second-order valence-electron chi connectivity index (χ2n) is 7.85. The van der Waals surface area contributed by atoms with Gasteiger partial charge in [-0.25, -0.2) is 8.42 Å². The van der Waals surface area contributed by atoms with E-state index in [1.165, 1.54) is 47.0 Å². The zero-order chi connectivity index (χ0) is 28.6. The number of sulfonamides is 1. The van der Waals surface area contributed by atoms with Crippen molar-refractivity contribution < 1.29 is 27.7 Å². The second kappa shape index (κ2) is 12.9. The van der Waals surface area contributed by atoms with Gasteiger partial charge < -0.3 is 9.30 Å². The van der Waals surface area contributed by atoms with Gasteiger partial charge in [-0.1, -0.05) is 11.3 Å². The SMILES string of the molecule is CCOC(=O)Cn1c(=NC(=O)c2ccc(S(=O)(=O)N(CCC#N)CCC#N)cc2)sc2cc([N+](=O)[O-])ccc21. The molecule has 0 atom stereocenters. The number of ether oxygens (including phenoxy) is 1. The van der Waals surface area contributed by atoms with Crippen molar-refractivity contribution >= 4 is 49.1 Å². The van der Waals surface area contributed by atoms with E-state index in [1.54, 1.807) is 6.92 Å². The zero-order valence-electron chi connectivity index (χ0n) is 20.6. The van der Waals surface area contributed by atoms with Crippen LogP contribution in [0.1, 0.15) is 30.1 Å². The summed E-state index contributed by atoms with van der Waals surface area (Å²) in [6, 6.07) is 12.8. The van der Waals surface area contributed by atoms with Crippen LogP contribution in [0.2, 0.25) is 0 Å². The molecular weight excluding hydrogens is 548 g/mol. The normalized spacial score (nSPS) is 11.7. The second-order valence-corrected chi connectivity index (χ2v) is 10.8. The molecule has 0 N–H and O–H groups in total. The third-order valence-electron chi connectivity index (χ3n) is 5.35. The first-order valence-electron chi connectivity index (χ1n) is 11.5. The maximum atomic E-state index is 13.0. The summed E-state index contributed by atoms with van der Waals surface area (Å²) in [5.74, 6) is -1.32. The third kappa shape index (κ3) is 6.91. The van der Waals surface area contributed by atoms with Gasteiger partial charge in [-0.15, -0.1) is 0 Å². The molecule has 1 heterocycles. The Labute approximate surface area is 227 Å². The first kappa shape index (κ1) is 29.1. The first-order valence-corrected chi connectivity index (χ1v) is 13.7. The molecule has 2 aromatic carbocycles. The van der Waals surface area contributed by atoms with Crippen LogP contribution in [-0.4, -0.2) is 53.8 Å². The van der Waals surface area contributed by atoms with Crippen LogP contribution in [-0.2, 0) is 26.1 Å². The number of non-ortho nitro benzene ring substituents is 1. The molecule has 1 amide bonds. The number of fused-ring (bicyclic) bond motifs is 1. The summed E-state index contributed by atoms with van der Waals surface area (Å²) < 4.78 is 33.9. The summed E-state index contributed by atoms with van der Waals surface area (Å²) in [7, 11) is -4.02. The molecule has 39 heavy (non-hydrogen) atoms. The van der Waals surface area contributed by atoms with Crippen LogP contribution >= 0.6 is 11.3 Å². The average Bonchev–Trinajstić information content (AvgIpc) is 3.24. The van der Waals surface area contributed by atoms with Crippen molar-refractivity contribution in [2.45, 2.75) is 31.2 Å². The molecule has 0 spiro atoms. The molecule has 0 aliphatic carbocycles. The van der Waals surface area contributed by atoms with Crippen molar-refractivity contribution in [3.8, 4) is 12.1 Å². The van der Waals surface area contributed by atoms with Gasteiger partial charge in [0.15, 0.2) is 4.80 Å². The highest BCUT2D eigenvalue weighted by Gasteiger charge is 2.24. The van der Waals surface area contributed by atoms with Crippen molar-refractivity contribution in [2.75, 3.05) is 19.7 Å². The van der Waals surface area contributed by atoms with E-state index in [-0.39, 0.29) is 60.0 Å². The summed E-state index contributed by atoms with van der Waals surface area (Å²) in [5.41, 5.74) is 0.336. The minimum Gasteiger partial charge on any atom is -0.465 e. The number of benzene rings is 2. The Hall–Kier alpha value is -4.44. The molecule has 0 saturated heterocycles. The Balaban J connectivity index is 1.98. The molecule has 0 fully saturated rings. The van der Waals surface area contributed by atoms with Gasteiger partial charge in [0.1, 0.15) is 6.54 Å². The lowest BCUT2D eigenvalue weighted by atomic mass is 10.2. The molecule has 3 aromatic rings. The molecular formula is C24H22N6O7S2. The van der Waals surface area contributed by atoms with Crippen molar-refractivity contribution in [1.29, 1.82) is 10.5 Å². The molecule has 15 heteroatoms. The summed E-state index contributed by atoms with van der Waals surface area (Å²) in [6.07, 6.45) is -0.103. The van der Waals surface area contributed by atoms with Gasteiger partial charge in [0.05, 0.1) is 38.8 Å². The van der Waals surface area contributed by atoms with E-state index < -0.39 is 26.8 Å². The standard InChI is InChI=1S/C24H22N6O7S2/c1-2-37-22(31)16-29-20-10-7-18(30(33)34)15-21(20)38-24(29)27-23(32)17-5-8-19(9-6-17)39(35,36)28(13-3-11-25)14-4-12-26/h5-10,15H,2-4,13-14,16H2,1H3. The van der Waals surface area contributed by atoms with Crippen LogP contribution in [0.4, 0.5) is 5.69 Å².